The van der Waals surface area contributed by atoms with Crippen molar-refractivity contribution in [1.29, 1.82) is 5.26 Å². The van der Waals surface area contributed by atoms with E-state index in [1.165, 1.54) is 0 Å². The molecule has 8 nitrogen and oxygen atoms in total. The molecule has 32 heavy (non-hydrogen) atoms. The number of rotatable bonds is 9. The van der Waals surface area contributed by atoms with E-state index in [0.717, 1.165) is 61.8 Å². The third kappa shape index (κ3) is 5.52. The first kappa shape index (κ1) is 23.5. The first-order valence-corrected chi connectivity index (χ1v) is 11.2. The molecule has 0 saturated carbocycles. The molecule has 3 rings (SSSR count). The van der Waals surface area contributed by atoms with E-state index in [9.17, 15) is 10.1 Å². The summed E-state index contributed by atoms with van der Waals surface area (Å²) >= 11 is 0. The number of piperidine rings is 1. The van der Waals surface area contributed by atoms with Gasteiger partial charge in [0.05, 0.1) is 37.6 Å². The number of nitrogens with one attached hydrogen (secondary N) is 1. The number of nitriles is 1. The van der Waals surface area contributed by atoms with Gasteiger partial charge in [-0.15, -0.1) is 0 Å². The molecule has 1 aromatic heterocycles. The van der Waals surface area contributed by atoms with Crippen LogP contribution in [-0.4, -0.2) is 51.5 Å². The van der Waals surface area contributed by atoms with E-state index >= 15 is 0 Å². The fourth-order valence-electron chi connectivity index (χ4n) is 4.11. The Labute approximate surface area is 189 Å². The molecule has 0 atom stereocenters. The van der Waals surface area contributed by atoms with Crippen LogP contribution in [0.3, 0.4) is 0 Å². The maximum atomic E-state index is 11.7. The van der Waals surface area contributed by atoms with Gasteiger partial charge in [0.15, 0.2) is 11.5 Å². The molecular formula is C24H32N4O4. The summed E-state index contributed by atoms with van der Waals surface area (Å²) in [4.78, 5) is 18.4. The van der Waals surface area contributed by atoms with Crippen LogP contribution in [0.15, 0.2) is 18.3 Å². The third-order valence-corrected chi connectivity index (χ3v) is 5.95. The van der Waals surface area contributed by atoms with Gasteiger partial charge in [0.1, 0.15) is 6.07 Å². The van der Waals surface area contributed by atoms with Gasteiger partial charge in [-0.3, -0.25) is 4.98 Å². The topological polar surface area (TPSA) is 96.7 Å². The number of hydrogen-bond acceptors (Lipinski definition) is 7. The normalized spacial score (nSPS) is 14.1. The molecule has 1 fully saturated rings. The monoisotopic (exact) mass is 440 g/mol. The highest BCUT2D eigenvalue weighted by atomic mass is 16.5. The number of anilines is 1. The van der Waals surface area contributed by atoms with Gasteiger partial charge in [-0.05, 0) is 37.7 Å². The lowest BCUT2D eigenvalue weighted by atomic mass is 9.92. The Morgan fingerprint density at radius 1 is 1.25 bits per heavy atom. The van der Waals surface area contributed by atoms with Gasteiger partial charge < -0.3 is 24.4 Å². The zero-order chi connectivity index (χ0) is 22.9. The van der Waals surface area contributed by atoms with Crippen LogP contribution in [0.2, 0.25) is 0 Å². The predicted octanol–water partition coefficient (Wildman–Crippen LogP) is 4.26. The van der Waals surface area contributed by atoms with Gasteiger partial charge in [-0.1, -0.05) is 13.3 Å². The lowest BCUT2D eigenvalue weighted by molar-refractivity contribution is 0.143. The van der Waals surface area contributed by atoms with Crippen molar-refractivity contribution in [3.05, 3.63) is 23.9 Å². The Morgan fingerprint density at radius 3 is 2.62 bits per heavy atom. The van der Waals surface area contributed by atoms with E-state index < -0.39 is 0 Å². The largest absolute Gasteiger partial charge is 0.493 e. The van der Waals surface area contributed by atoms with Crippen LogP contribution < -0.4 is 19.7 Å². The average Bonchev–Trinajstić information content (AvgIpc) is 2.83. The maximum Gasteiger partial charge on any atom is 0.407 e. The van der Waals surface area contributed by atoms with Crippen molar-refractivity contribution in [2.24, 2.45) is 5.92 Å². The van der Waals surface area contributed by atoms with E-state index in [0.29, 0.717) is 36.1 Å². The molecule has 1 N–H and O–H groups in total. The maximum absolute atomic E-state index is 11.7. The zero-order valence-electron chi connectivity index (χ0n) is 19.1. The highest BCUT2D eigenvalue weighted by Crippen LogP contribution is 2.38. The molecule has 8 heteroatoms. The second kappa shape index (κ2) is 11.4. The highest BCUT2D eigenvalue weighted by Gasteiger charge is 2.24. The molecule has 1 aromatic carbocycles. The lowest BCUT2D eigenvalue weighted by Crippen LogP contribution is -2.36. The molecule has 2 aromatic rings. The van der Waals surface area contributed by atoms with Crippen molar-refractivity contribution in [2.45, 2.75) is 39.0 Å². The molecule has 0 bridgehead atoms. The number of pyridine rings is 1. The molecule has 1 amide bonds. The number of ether oxygens (including phenoxy) is 3. The SMILES string of the molecule is CCCCOC(=O)NCCC1CCN(c2c(C#N)cnc3cc(OC)c(OC)cc23)CC1. The first-order chi connectivity index (χ1) is 15.6. The van der Waals surface area contributed by atoms with Crippen LogP contribution in [0, 0.1) is 17.2 Å². The molecule has 2 heterocycles. The molecule has 1 aliphatic rings. The predicted molar refractivity (Wildman–Crippen MR) is 123 cm³/mol. The lowest BCUT2D eigenvalue weighted by Gasteiger charge is -2.34. The van der Waals surface area contributed by atoms with Crippen molar-refractivity contribution < 1.29 is 19.0 Å². The average molecular weight is 441 g/mol. The molecule has 0 spiro atoms. The van der Waals surface area contributed by atoms with Gasteiger partial charge in [-0.2, -0.15) is 5.26 Å². The molecule has 0 aliphatic carbocycles. The minimum absolute atomic E-state index is 0.331. The van der Waals surface area contributed by atoms with E-state index in [2.05, 4.69) is 28.2 Å². The number of benzene rings is 1. The number of aromatic nitrogens is 1. The molecular weight excluding hydrogens is 408 g/mol. The van der Waals surface area contributed by atoms with Crippen molar-refractivity contribution in [1.82, 2.24) is 10.3 Å². The first-order valence-electron chi connectivity index (χ1n) is 11.2. The third-order valence-electron chi connectivity index (χ3n) is 5.95. The molecule has 172 valence electrons. The summed E-state index contributed by atoms with van der Waals surface area (Å²) in [5.41, 5.74) is 2.22. The Bertz CT molecular complexity index is 965. The second-order valence-corrected chi connectivity index (χ2v) is 7.99. The van der Waals surface area contributed by atoms with Crippen LogP contribution in [0.25, 0.3) is 10.9 Å². The van der Waals surface area contributed by atoms with Gasteiger partial charge in [0.2, 0.25) is 0 Å². The summed E-state index contributed by atoms with van der Waals surface area (Å²) in [7, 11) is 3.20. The number of carbonyl (C=O) groups excluding carboxylic acids is 1. The number of fused-ring (bicyclic) bond motifs is 1. The number of carbonyl (C=O) groups is 1. The summed E-state index contributed by atoms with van der Waals surface area (Å²) in [5.74, 6) is 1.75. The van der Waals surface area contributed by atoms with E-state index in [1.807, 2.05) is 12.1 Å². The van der Waals surface area contributed by atoms with Gasteiger partial charge in [0.25, 0.3) is 0 Å². The van der Waals surface area contributed by atoms with Crippen molar-refractivity contribution in [2.75, 3.05) is 45.4 Å². The van der Waals surface area contributed by atoms with Crippen LogP contribution in [0.4, 0.5) is 10.5 Å². The molecule has 0 unspecified atom stereocenters. The van der Waals surface area contributed by atoms with Gasteiger partial charge >= 0.3 is 6.09 Å². The molecule has 1 saturated heterocycles. The second-order valence-electron chi connectivity index (χ2n) is 7.99. The van der Waals surface area contributed by atoms with Crippen LogP contribution in [-0.2, 0) is 4.74 Å². The Kier molecular flexibility index (Phi) is 8.37. The standard InChI is InChI=1S/C24H32N4O4/c1-4-5-12-32-24(29)26-9-6-17-7-10-28(11-8-17)23-18(15-25)16-27-20-14-22(31-3)21(30-2)13-19(20)23/h13-14,16-17H,4-12H2,1-3H3,(H,26,29). The number of unbranched alkanes of at least 4 members (excludes halogenated alkanes) is 1. The van der Waals surface area contributed by atoms with E-state index in [-0.39, 0.29) is 6.09 Å². The van der Waals surface area contributed by atoms with E-state index in [1.54, 1.807) is 20.4 Å². The van der Waals surface area contributed by atoms with Crippen molar-refractivity contribution in [3.8, 4) is 17.6 Å². The zero-order valence-corrected chi connectivity index (χ0v) is 19.1. The fraction of sp³-hybridized carbons (Fsp3) is 0.542. The van der Waals surface area contributed by atoms with Crippen LogP contribution in [0.5, 0.6) is 11.5 Å². The Hall–Kier alpha value is -3.21. The number of methoxy groups -OCH3 is 2. The van der Waals surface area contributed by atoms with Gasteiger partial charge in [0, 0.05) is 37.3 Å². The minimum Gasteiger partial charge on any atom is -0.493 e. The van der Waals surface area contributed by atoms with Crippen molar-refractivity contribution >= 4 is 22.7 Å². The summed E-state index contributed by atoms with van der Waals surface area (Å²) in [6, 6.07) is 6.04. The van der Waals surface area contributed by atoms with Crippen LogP contribution in [0.1, 0.15) is 44.6 Å². The summed E-state index contributed by atoms with van der Waals surface area (Å²) in [6.07, 6.45) is 6.10. The molecule has 0 radical (unpaired) electrons. The smallest absolute Gasteiger partial charge is 0.407 e. The van der Waals surface area contributed by atoms with Gasteiger partial charge in [-0.25, -0.2) is 4.79 Å². The Balaban J connectivity index is 1.65. The summed E-state index contributed by atoms with van der Waals surface area (Å²) in [5, 5.41) is 13.4. The number of hydrogen-bond donors (Lipinski definition) is 1. The number of alkyl carbamates (subject to hydrolysis) is 1. The number of nitrogens with zero attached hydrogens (tertiary/aromatic N) is 3. The van der Waals surface area contributed by atoms with Crippen LogP contribution >= 0.6 is 0 Å². The number of amides is 1. The van der Waals surface area contributed by atoms with Crippen molar-refractivity contribution in [3.63, 3.8) is 0 Å². The summed E-state index contributed by atoms with van der Waals surface area (Å²) in [6.45, 7) is 4.84. The summed E-state index contributed by atoms with van der Waals surface area (Å²) < 4.78 is 16.0. The Morgan fingerprint density at radius 2 is 1.97 bits per heavy atom. The molecule has 1 aliphatic heterocycles. The van der Waals surface area contributed by atoms with E-state index in [4.69, 9.17) is 14.2 Å². The minimum atomic E-state index is -0.331. The quantitative estimate of drug-likeness (QED) is 0.582. The highest BCUT2D eigenvalue weighted by molar-refractivity contribution is 5.96. The fourth-order valence-corrected chi connectivity index (χ4v) is 4.11.